The lowest BCUT2D eigenvalue weighted by Gasteiger charge is -2.26. The van der Waals surface area contributed by atoms with Crippen LogP contribution in [-0.2, 0) is 16.0 Å². The molecule has 1 fully saturated rings. The molecule has 2 aliphatic rings. The van der Waals surface area contributed by atoms with Crippen LogP contribution in [0.2, 0.25) is 0 Å². The number of anilines is 3. The topological polar surface area (TPSA) is 99.7 Å². The average molecular weight is 565 g/mol. The third-order valence-electron chi connectivity index (χ3n) is 8.04. The highest BCUT2D eigenvalue weighted by atomic mass is 16.5. The maximum atomic E-state index is 13.2. The Bertz CT molecular complexity index is 1630. The summed E-state index contributed by atoms with van der Waals surface area (Å²) in [7, 11) is 0. The molecule has 0 aliphatic carbocycles. The number of rotatable bonds is 8. The van der Waals surface area contributed by atoms with Crippen molar-refractivity contribution in [3.05, 3.63) is 77.5 Å². The van der Waals surface area contributed by atoms with Gasteiger partial charge in [-0.15, -0.1) is 0 Å². The molecule has 0 radical (unpaired) electrons. The standard InChI is InChI=1S/C33H36N6O3/c1-22-4-5-26(32(41)36-28-7-9-31-25(19-28)10-13-39(31)23(2)40)20-29(22)24-6-8-30-27(18-24)21-35-33(37-30)34-11-3-12-38-14-16-42-17-15-38/h4-9,18-21H,3,10-17H2,1-2H3,(H,36,41)(H,34,35,37). The molecule has 0 unspecified atom stereocenters. The second-order valence-electron chi connectivity index (χ2n) is 10.9. The fourth-order valence-corrected chi connectivity index (χ4v) is 5.70. The normalized spacial score (nSPS) is 15.0. The van der Waals surface area contributed by atoms with Gasteiger partial charge >= 0.3 is 0 Å². The number of fused-ring (bicyclic) bond motifs is 2. The van der Waals surface area contributed by atoms with Crippen molar-refractivity contribution in [1.29, 1.82) is 0 Å². The first kappa shape index (κ1) is 27.8. The number of morpholine rings is 1. The van der Waals surface area contributed by atoms with Gasteiger partial charge in [0, 0.05) is 61.6 Å². The summed E-state index contributed by atoms with van der Waals surface area (Å²) in [5.74, 6) is 0.490. The van der Waals surface area contributed by atoms with Gasteiger partial charge in [0.15, 0.2) is 0 Å². The Labute approximate surface area is 245 Å². The van der Waals surface area contributed by atoms with E-state index < -0.39 is 0 Å². The van der Waals surface area contributed by atoms with Crippen LogP contribution in [0.1, 0.15) is 34.8 Å². The molecule has 2 aliphatic heterocycles. The first-order valence-corrected chi connectivity index (χ1v) is 14.6. The zero-order valence-corrected chi connectivity index (χ0v) is 24.2. The van der Waals surface area contributed by atoms with Gasteiger partial charge in [-0.25, -0.2) is 9.97 Å². The average Bonchev–Trinajstić information content (AvgIpc) is 3.43. The molecule has 42 heavy (non-hydrogen) atoms. The Morgan fingerprint density at radius 1 is 1.00 bits per heavy atom. The first-order chi connectivity index (χ1) is 20.4. The van der Waals surface area contributed by atoms with E-state index in [2.05, 4.69) is 26.6 Å². The van der Waals surface area contributed by atoms with E-state index >= 15 is 0 Å². The van der Waals surface area contributed by atoms with E-state index in [9.17, 15) is 9.59 Å². The van der Waals surface area contributed by atoms with E-state index in [0.29, 0.717) is 18.1 Å². The third-order valence-corrected chi connectivity index (χ3v) is 8.04. The maximum Gasteiger partial charge on any atom is 0.255 e. The highest BCUT2D eigenvalue weighted by Crippen LogP contribution is 2.31. The van der Waals surface area contributed by atoms with Crippen molar-refractivity contribution in [2.75, 3.05) is 61.5 Å². The molecule has 4 aromatic rings. The van der Waals surface area contributed by atoms with Crippen molar-refractivity contribution in [2.45, 2.75) is 26.7 Å². The van der Waals surface area contributed by atoms with Crippen molar-refractivity contribution in [3.63, 3.8) is 0 Å². The summed E-state index contributed by atoms with van der Waals surface area (Å²) in [5.41, 5.74) is 7.23. The molecule has 0 saturated carbocycles. The molecule has 1 saturated heterocycles. The Kier molecular flexibility index (Phi) is 8.12. The molecular formula is C33H36N6O3. The number of aryl methyl sites for hydroxylation is 1. The van der Waals surface area contributed by atoms with Gasteiger partial charge in [0.1, 0.15) is 0 Å². The number of nitrogens with one attached hydrogen (secondary N) is 2. The minimum absolute atomic E-state index is 0.0326. The zero-order chi connectivity index (χ0) is 29.1. The minimum atomic E-state index is -0.175. The predicted molar refractivity (Wildman–Crippen MR) is 166 cm³/mol. The molecule has 0 atom stereocenters. The zero-order valence-electron chi connectivity index (χ0n) is 24.2. The van der Waals surface area contributed by atoms with E-state index in [1.54, 1.807) is 11.8 Å². The minimum Gasteiger partial charge on any atom is -0.379 e. The number of aromatic nitrogens is 2. The smallest absolute Gasteiger partial charge is 0.255 e. The summed E-state index contributed by atoms with van der Waals surface area (Å²) < 4.78 is 5.41. The second kappa shape index (κ2) is 12.3. The number of amides is 2. The Hall–Kier alpha value is -4.34. The lowest BCUT2D eigenvalue weighted by Crippen LogP contribution is -2.37. The summed E-state index contributed by atoms with van der Waals surface area (Å²) in [4.78, 5) is 38.5. The van der Waals surface area contributed by atoms with E-state index in [-0.39, 0.29) is 11.8 Å². The number of ether oxygens (including phenoxy) is 1. The second-order valence-corrected chi connectivity index (χ2v) is 10.9. The summed E-state index contributed by atoms with van der Waals surface area (Å²) in [6.45, 7) is 9.78. The summed E-state index contributed by atoms with van der Waals surface area (Å²) in [6.07, 6.45) is 3.66. The summed E-state index contributed by atoms with van der Waals surface area (Å²) in [6, 6.07) is 17.6. The van der Waals surface area contributed by atoms with E-state index in [0.717, 1.165) is 96.8 Å². The van der Waals surface area contributed by atoms with Crippen LogP contribution in [0.15, 0.2) is 60.8 Å². The number of hydrogen-bond acceptors (Lipinski definition) is 7. The number of carbonyl (C=O) groups excluding carboxylic acids is 2. The monoisotopic (exact) mass is 564 g/mol. The van der Waals surface area contributed by atoms with Gasteiger partial charge in [-0.1, -0.05) is 12.1 Å². The third kappa shape index (κ3) is 6.12. The highest BCUT2D eigenvalue weighted by Gasteiger charge is 2.22. The highest BCUT2D eigenvalue weighted by molar-refractivity contribution is 6.05. The van der Waals surface area contributed by atoms with Gasteiger partial charge in [-0.05, 0) is 91.0 Å². The molecule has 216 valence electrons. The van der Waals surface area contributed by atoms with Crippen LogP contribution in [0.25, 0.3) is 22.0 Å². The van der Waals surface area contributed by atoms with Crippen LogP contribution < -0.4 is 15.5 Å². The fraction of sp³-hybridized carbons (Fsp3) is 0.333. The molecular weight excluding hydrogens is 528 g/mol. The van der Waals surface area contributed by atoms with Crippen LogP contribution in [0, 0.1) is 6.92 Å². The molecule has 1 aromatic heterocycles. The maximum absolute atomic E-state index is 13.2. The van der Waals surface area contributed by atoms with Crippen LogP contribution in [-0.4, -0.2) is 72.6 Å². The van der Waals surface area contributed by atoms with Crippen molar-refractivity contribution in [1.82, 2.24) is 14.9 Å². The van der Waals surface area contributed by atoms with Crippen LogP contribution in [0.5, 0.6) is 0 Å². The number of hydrogen-bond donors (Lipinski definition) is 2. The van der Waals surface area contributed by atoms with Crippen LogP contribution in [0.4, 0.5) is 17.3 Å². The molecule has 3 heterocycles. The van der Waals surface area contributed by atoms with Gasteiger partial charge in [0.05, 0.1) is 18.7 Å². The predicted octanol–water partition coefficient (Wildman–Crippen LogP) is 4.90. The molecule has 6 rings (SSSR count). The lowest BCUT2D eigenvalue weighted by atomic mass is 9.97. The van der Waals surface area contributed by atoms with E-state index in [4.69, 9.17) is 9.72 Å². The summed E-state index contributed by atoms with van der Waals surface area (Å²) in [5, 5.41) is 7.32. The SMILES string of the molecule is CC(=O)N1CCc2cc(NC(=O)c3ccc(C)c(-c4ccc5nc(NCCCN6CCOCC6)ncc5c4)c3)ccc21. The number of nitrogens with zero attached hydrogens (tertiary/aromatic N) is 4. The quantitative estimate of drug-likeness (QED) is 0.294. The number of carbonyl (C=O) groups is 2. The van der Waals surface area contributed by atoms with Crippen molar-refractivity contribution in [3.8, 4) is 11.1 Å². The van der Waals surface area contributed by atoms with Gasteiger partial charge in [0.25, 0.3) is 5.91 Å². The molecule has 2 N–H and O–H groups in total. The van der Waals surface area contributed by atoms with Gasteiger partial charge < -0.3 is 20.3 Å². The molecule has 0 bridgehead atoms. The number of benzene rings is 3. The van der Waals surface area contributed by atoms with Crippen LogP contribution >= 0.6 is 0 Å². The first-order valence-electron chi connectivity index (χ1n) is 14.6. The van der Waals surface area contributed by atoms with E-state index in [1.165, 1.54) is 0 Å². The lowest BCUT2D eigenvalue weighted by molar-refractivity contribution is -0.116. The molecule has 2 amide bonds. The largest absolute Gasteiger partial charge is 0.379 e. The van der Waals surface area contributed by atoms with Crippen LogP contribution in [0.3, 0.4) is 0 Å². The Morgan fingerprint density at radius 2 is 1.86 bits per heavy atom. The fourth-order valence-electron chi connectivity index (χ4n) is 5.70. The Morgan fingerprint density at radius 3 is 2.69 bits per heavy atom. The Balaban J connectivity index is 1.12. The molecule has 9 heteroatoms. The molecule has 0 spiro atoms. The van der Waals surface area contributed by atoms with Gasteiger partial charge in [-0.3, -0.25) is 14.5 Å². The van der Waals surface area contributed by atoms with Crippen molar-refractivity contribution in [2.24, 2.45) is 0 Å². The van der Waals surface area contributed by atoms with Crippen molar-refractivity contribution >= 4 is 40.0 Å². The molecule has 3 aromatic carbocycles. The van der Waals surface area contributed by atoms with Crippen molar-refractivity contribution < 1.29 is 14.3 Å². The summed E-state index contributed by atoms with van der Waals surface area (Å²) >= 11 is 0. The van der Waals surface area contributed by atoms with Gasteiger partial charge in [-0.2, -0.15) is 0 Å². The van der Waals surface area contributed by atoms with Gasteiger partial charge in [0.2, 0.25) is 11.9 Å². The van der Waals surface area contributed by atoms with E-state index in [1.807, 2.05) is 61.7 Å². The molecule has 9 nitrogen and oxygen atoms in total.